The van der Waals surface area contributed by atoms with Crippen molar-refractivity contribution < 1.29 is 14.1 Å². The number of hydrogen-bond donors (Lipinski definition) is 2. The molecule has 0 unspecified atom stereocenters. The van der Waals surface area contributed by atoms with Crippen LogP contribution in [0.15, 0.2) is 18.2 Å². The van der Waals surface area contributed by atoms with E-state index in [2.05, 4.69) is 5.32 Å². The standard InChI is InChI=1S/C11H12FN3O3/c12-7-1-2-8(9(5-7)15(17)18)14-10(16)11(6-13)3-4-11/h1-2,5H,3-4,6,13H2,(H,14,16). The molecule has 3 N–H and O–H groups in total. The predicted molar refractivity (Wildman–Crippen MR) is 62.4 cm³/mol. The van der Waals surface area contributed by atoms with E-state index in [0.717, 1.165) is 12.1 Å². The Morgan fingerprint density at radius 3 is 2.72 bits per heavy atom. The molecule has 0 spiro atoms. The fourth-order valence-corrected chi connectivity index (χ4v) is 1.69. The van der Waals surface area contributed by atoms with E-state index < -0.39 is 21.8 Å². The number of amides is 1. The van der Waals surface area contributed by atoms with Gasteiger partial charge >= 0.3 is 0 Å². The van der Waals surface area contributed by atoms with E-state index in [1.807, 2.05) is 0 Å². The summed E-state index contributed by atoms with van der Waals surface area (Å²) in [5.74, 6) is -1.07. The molecule has 0 aliphatic heterocycles. The molecule has 1 amide bonds. The van der Waals surface area contributed by atoms with Crippen LogP contribution in [0.1, 0.15) is 12.8 Å². The van der Waals surface area contributed by atoms with Crippen LogP contribution in [0.3, 0.4) is 0 Å². The monoisotopic (exact) mass is 253 g/mol. The number of carbonyl (C=O) groups is 1. The average Bonchev–Trinajstić information content (AvgIpc) is 3.12. The predicted octanol–water partition coefficient (Wildman–Crippen LogP) is 1.41. The second-order valence-electron chi connectivity index (χ2n) is 4.36. The van der Waals surface area contributed by atoms with Crippen LogP contribution in [0, 0.1) is 21.3 Å². The minimum absolute atomic E-state index is 0.00822. The van der Waals surface area contributed by atoms with Crippen LogP contribution in [0.4, 0.5) is 15.8 Å². The first kappa shape index (κ1) is 12.4. The molecule has 1 aliphatic carbocycles. The number of benzene rings is 1. The number of nitrogens with zero attached hydrogens (tertiary/aromatic N) is 1. The smallest absolute Gasteiger partial charge is 0.295 e. The van der Waals surface area contributed by atoms with Crippen LogP contribution in [0.2, 0.25) is 0 Å². The molecule has 7 heteroatoms. The fraction of sp³-hybridized carbons (Fsp3) is 0.364. The van der Waals surface area contributed by atoms with Gasteiger partial charge in [-0.05, 0) is 25.0 Å². The number of nitrogens with one attached hydrogen (secondary N) is 1. The van der Waals surface area contributed by atoms with Gasteiger partial charge in [0.25, 0.3) is 5.69 Å². The molecule has 2 rings (SSSR count). The number of nitro groups is 1. The highest BCUT2D eigenvalue weighted by Crippen LogP contribution is 2.45. The molecule has 0 atom stereocenters. The minimum atomic E-state index is -0.735. The minimum Gasteiger partial charge on any atom is -0.329 e. The zero-order valence-corrected chi connectivity index (χ0v) is 9.48. The van der Waals surface area contributed by atoms with Crippen molar-refractivity contribution in [3.8, 4) is 0 Å². The zero-order chi connectivity index (χ0) is 13.3. The maximum Gasteiger partial charge on any atom is 0.295 e. The summed E-state index contributed by atoms with van der Waals surface area (Å²) in [6, 6.07) is 3.01. The van der Waals surface area contributed by atoms with Gasteiger partial charge in [0.2, 0.25) is 5.91 Å². The molecule has 0 radical (unpaired) electrons. The average molecular weight is 253 g/mol. The molecule has 6 nitrogen and oxygen atoms in total. The van der Waals surface area contributed by atoms with Gasteiger partial charge < -0.3 is 11.1 Å². The summed E-state index contributed by atoms with van der Waals surface area (Å²) in [6.45, 7) is 0.202. The van der Waals surface area contributed by atoms with Gasteiger partial charge in [0, 0.05) is 6.54 Å². The SMILES string of the molecule is NCC1(C(=O)Nc2ccc(F)cc2[N+](=O)[O-])CC1. The molecular weight excluding hydrogens is 241 g/mol. The highest BCUT2D eigenvalue weighted by molar-refractivity contribution is 5.99. The lowest BCUT2D eigenvalue weighted by molar-refractivity contribution is -0.384. The van der Waals surface area contributed by atoms with E-state index in [9.17, 15) is 19.3 Å². The molecule has 0 heterocycles. The van der Waals surface area contributed by atoms with E-state index in [1.54, 1.807) is 0 Å². The molecule has 18 heavy (non-hydrogen) atoms. The van der Waals surface area contributed by atoms with Gasteiger partial charge in [-0.1, -0.05) is 0 Å². The van der Waals surface area contributed by atoms with Crippen molar-refractivity contribution in [2.75, 3.05) is 11.9 Å². The Labute approximate surface area is 102 Å². The maximum absolute atomic E-state index is 12.9. The van der Waals surface area contributed by atoms with Crippen molar-refractivity contribution in [1.29, 1.82) is 0 Å². The van der Waals surface area contributed by atoms with Gasteiger partial charge in [0.05, 0.1) is 16.4 Å². The Hall–Kier alpha value is -2.02. The van der Waals surface area contributed by atoms with Crippen molar-refractivity contribution in [1.82, 2.24) is 0 Å². The molecule has 1 aliphatic rings. The van der Waals surface area contributed by atoms with Crippen LogP contribution in [-0.4, -0.2) is 17.4 Å². The van der Waals surface area contributed by atoms with E-state index in [4.69, 9.17) is 5.73 Å². The number of halogens is 1. The van der Waals surface area contributed by atoms with Crippen molar-refractivity contribution in [3.05, 3.63) is 34.1 Å². The molecule has 1 saturated carbocycles. The van der Waals surface area contributed by atoms with Gasteiger partial charge in [0.15, 0.2) is 0 Å². The number of nitro benzene ring substituents is 1. The molecule has 1 aromatic rings. The number of hydrogen-bond acceptors (Lipinski definition) is 4. The Kier molecular flexibility index (Phi) is 3.00. The summed E-state index contributed by atoms with van der Waals surface area (Å²) in [4.78, 5) is 21.9. The van der Waals surface area contributed by atoms with Crippen LogP contribution in [0.5, 0.6) is 0 Å². The second kappa shape index (κ2) is 4.34. The van der Waals surface area contributed by atoms with Gasteiger partial charge in [-0.25, -0.2) is 4.39 Å². The van der Waals surface area contributed by atoms with Gasteiger partial charge in [-0.3, -0.25) is 14.9 Å². The van der Waals surface area contributed by atoms with Crippen molar-refractivity contribution in [3.63, 3.8) is 0 Å². The molecular formula is C11H12FN3O3. The number of carbonyl (C=O) groups excluding carboxylic acids is 1. The number of nitrogens with two attached hydrogens (primary N) is 1. The van der Waals surface area contributed by atoms with Crippen LogP contribution in [-0.2, 0) is 4.79 Å². The first-order chi connectivity index (χ1) is 8.48. The van der Waals surface area contributed by atoms with E-state index in [0.29, 0.717) is 12.8 Å². The second-order valence-corrected chi connectivity index (χ2v) is 4.36. The summed E-state index contributed by atoms with van der Waals surface area (Å²) in [6.07, 6.45) is 1.34. The molecule has 0 saturated heterocycles. The molecule has 96 valence electrons. The lowest BCUT2D eigenvalue weighted by Crippen LogP contribution is -2.31. The first-order valence-corrected chi connectivity index (χ1v) is 5.44. The maximum atomic E-state index is 12.9. The van der Waals surface area contributed by atoms with E-state index in [-0.39, 0.29) is 18.1 Å². The Bertz CT molecular complexity index is 514. The first-order valence-electron chi connectivity index (χ1n) is 5.44. The Morgan fingerprint density at radius 2 is 2.22 bits per heavy atom. The molecule has 0 bridgehead atoms. The van der Waals surface area contributed by atoms with E-state index >= 15 is 0 Å². The topological polar surface area (TPSA) is 98.3 Å². The normalized spacial score (nSPS) is 16.1. The summed E-state index contributed by atoms with van der Waals surface area (Å²) in [7, 11) is 0. The summed E-state index contributed by atoms with van der Waals surface area (Å²) in [5, 5.41) is 13.2. The molecule has 1 fully saturated rings. The fourth-order valence-electron chi connectivity index (χ4n) is 1.69. The zero-order valence-electron chi connectivity index (χ0n) is 9.48. The molecule has 1 aromatic carbocycles. The number of anilines is 1. The quantitative estimate of drug-likeness (QED) is 0.626. The lowest BCUT2D eigenvalue weighted by Gasteiger charge is -2.12. The van der Waals surface area contributed by atoms with Crippen molar-refractivity contribution in [2.45, 2.75) is 12.8 Å². The van der Waals surface area contributed by atoms with Gasteiger partial charge in [0.1, 0.15) is 11.5 Å². The van der Waals surface area contributed by atoms with Crippen molar-refractivity contribution >= 4 is 17.3 Å². The van der Waals surface area contributed by atoms with Gasteiger partial charge in [-0.2, -0.15) is 0 Å². The third kappa shape index (κ3) is 2.17. The molecule has 0 aromatic heterocycles. The number of rotatable bonds is 4. The van der Waals surface area contributed by atoms with Crippen LogP contribution < -0.4 is 11.1 Å². The van der Waals surface area contributed by atoms with Gasteiger partial charge in [-0.15, -0.1) is 0 Å². The van der Waals surface area contributed by atoms with Crippen LogP contribution in [0.25, 0.3) is 0 Å². The Morgan fingerprint density at radius 1 is 1.56 bits per heavy atom. The van der Waals surface area contributed by atoms with Crippen molar-refractivity contribution in [2.24, 2.45) is 11.1 Å². The summed E-state index contributed by atoms with van der Waals surface area (Å²) in [5.41, 5.74) is 4.41. The summed E-state index contributed by atoms with van der Waals surface area (Å²) < 4.78 is 12.9. The largest absolute Gasteiger partial charge is 0.329 e. The Balaban J connectivity index is 2.24. The highest BCUT2D eigenvalue weighted by Gasteiger charge is 2.48. The van der Waals surface area contributed by atoms with Crippen LogP contribution >= 0.6 is 0 Å². The summed E-state index contributed by atoms with van der Waals surface area (Å²) >= 11 is 0. The highest BCUT2D eigenvalue weighted by atomic mass is 19.1. The lowest BCUT2D eigenvalue weighted by atomic mass is 10.1. The van der Waals surface area contributed by atoms with E-state index in [1.165, 1.54) is 6.07 Å². The third-order valence-electron chi connectivity index (χ3n) is 3.13. The third-order valence-corrected chi connectivity index (χ3v) is 3.13.